The molecule has 2 aromatic rings. The summed E-state index contributed by atoms with van der Waals surface area (Å²) in [5.41, 5.74) is 1.94. The van der Waals surface area contributed by atoms with Crippen molar-refractivity contribution in [3.05, 3.63) is 54.1 Å². The Morgan fingerprint density at radius 3 is 2.35 bits per heavy atom. The number of rotatable bonds is 14. The summed E-state index contributed by atoms with van der Waals surface area (Å²) in [6.07, 6.45) is 6.75. The number of hydrogen-bond donors (Lipinski definition) is 2. The Bertz CT molecular complexity index is 805. The molecule has 168 valence electrons. The number of unbranched alkanes of at least 4 members (excludes halogenated alkanes) is 4. The molecular weight excluding hydrogens is 392 g/mol. The van der Waals surface area contributed by atoms with Crippen LogP contribution in [-0.4, -0.2) is 31.6 Å². The minimum atomic E-state index is -0.339. The first kappa shape index (κ1) is 24.3. The minimum absolute atomic E-state index is 0.113. The number of carbonyl (C=O) groups excluding carboxylic acids is 2. The van der Waals surface area contributed by atoms with Gasteiger partial charge in [-0.3, -0.25) is 4.79 Å². The highest BCUT2D eigenvalue weighted by molar-refractivity contribution is 5.94. The number of benzene rings is 2. The Kier molecular flexibility index (Phi) is 11.0. The molecule has 0 bridgehead atoms. The first-order valence-electron chi connectivity index (χ1n) is 11.2. The van der Waals surface area contributed by atoms with Gasteiger partial charge in [0.25, 0.3) is 0 Å². The molecule has 0 heterocycles. The van der Waals surface area contributed by atoms with Crippen molar-refractivity contribution in [1.82, 2.24) is 0 Å². The van der Waals surface area contributed by atoms with Crippen LogP contribution in [0.25, 0.3) is 0 Å². The van der Waals surface area contributed by atoms with Gasteiger partial charge >= 0.3 is 5.97 Å². The van der Waals surface area contributed by atoms with Gasteiger partial charge in [0.05, 0.1) is 25.3 Å². The van der Waals surface area contributed by atoms with Crippen LogP contribution in [0.1, 0.15) is 62.7 Å². The zero-order chi connectivity index (χ0) is 22.3. The zero-order valence-electron chi connectivity index (χ0n) is 18.6. The average Bonchev–Trinajstić information content (AvgIpc) is 2.79. The highest BCUT2D eigenvalue weighted by atomic mass is 16.5. The maximum absolute atomic E-state index is 12.3. The highest BCUT2D eigenvalue weighted by Crippen LogP contribution is 2.18. The van der Waals surface area contributed by atoms with Gasteiger partial charge in [-0.2, -0.15) is 0 Å². The summed E-state index contributed by atoms with van der Waals surface area (Å²) in [7, 11) is 0. The fourth-order valence-corrected chi connectivity index (χ4v) is 2.95. The third-order valence-electron chi connectivity index (χ3n) is 4.65. The van der Waals surface area contributed by atoms with Gasteiger partial charge in [0.1, 0.15) is 5.75 Å². The van der Waals surface area contributed by atoms with E-state index in [1.165, 1.54) is 25.7 Å². The van der Waals surface area contributed by atoms with Crippen LogP contribution in [0.2, 0.25) is 0 Å². The number of amides is 1. The number of ether oxygens (including phenoxy) is 2. The Labute approximate surface area is 185 Å². The van der Waals surface area contributed by atoms with E-state index in [1.807, 2.05) is 31.2 Å². The molecule has 0 aliphatic carbocycles. The van der Waals surface area contributed by atoms with E-state index in [4.69, 9.17) is 9.47 Å². The van der Waals surface area contributed by atoms with Crippen molar-refractivity contribution in [2.45, 2.75) is 52.4 Å². The van der Waals surface area contributed by atoms with Gasteiger partial charge in [-0.1, -0.05) is 45.6 Å². The fraction of sp³-hybridized carbons (Fsp3) is 0.440. The molecule has 0 aliphatic heterocycles. The van der Waals surface area contributed by atoms with Gasteiger partial charge in [-0.25, -0.2) is 4.79 Å². The lowest BCUT2D eigenvalue weighted by molar-refractivity contribution is -0.114. The lowest BCUT2D eigenvalue weighted by Crippen LogP contribution is -2.21. The summed E-state index contributed by atoms with van der Waals surface area (Å²) >= 11 is 0. The molecule has 0 radical (unpaired) electrons. The molecule has 0 spiro atoms. The second-order valence-corrected chi connectivity index (χ2v) is 7.41. The van der Waals surface area contributed by atoms with E-state index in [0.29, 0.717) is 24.5 Å². The van der Waals surface area contributed by atoms with Crippen LogP contribution in [0.15, 0.2) is 48.5 Å². The normalized spacial score (nSPS) is 10.4. The summed E-state index contributed by atoms with van der Waals surface area (Å²) in [5.74, 6) is 0.254. The first-order chi connectivity index (χ1) is 15.1. The monoisotopic (exact) mass is 426 g/mol. The Hall–Kier alpha value is -3.02. The number of hydrogen-bond acceptors (Lipinski definition) is 5. The van der Waals surface area contributed by atoms with Crippen molar-refractivity contribution in [1.29, 1.82) is 0 Å². The maximum atomic E-state index is 12.3. The highest BCUT2D eigenvalue weighted by Gasteiger charge is 2.07. The molecule has 0 fully saturated rings. The third-order valence-corrected chi connectivity index (χ3v) is 4.65. The third kappa shape index (κ3) is 9.55. The average molecular weight is 427 g/mol. The molecule has 0 saturated carbocycles. The predicted molar refractivity (Wildman–Crippen MR) is 125 cm³/mol. The molecule has 31 heavy (non-hydrogen) atoms. The number of carbonyl (C=O) groups is 2. The van der Waals surface area contributed by atoms with E-state index in [9.17, 15) is 9.59 Å². The van der Waals surface area contributed by atoms with Crippen LogP contribution in [0, 0.1) is 0 Å². The van der Waals surface area contributed by atoms with Crippen LogP contribution >= 0.6 is 0 Å². The number of esters is 1. The van der Waals surface area contributed by atoms with E-state index in [-0.39, 0.29) is 18.4 Å². The van der Waals surface area contributed by atoms with Crippen molar-refractivity contribution in [3.8, 4) is 5.75 Å². The van der Waals surface area contributed by atoms with Gasteiger partial charge in [0.2, 0.25) is 5.91 Å². The Morgan fingerprint density at radius 1 is 0.839 bits per heavy atom. The second kappa shape index (κ2) is 14.1. The van der Waals surface area contributed by atoms with Crippen LogP contribution in [0.4, 0.5) is 11.4 Å². The van der Waals surface area contributed by atoms with Crippen molar-refractivity contribution >= 4 is 23.3 Å². The second-order valence-electron chi connectivity index (χ2n) is 7.41. The van der Waals surface area contributed by atoms with E-state index in [2.05, 4.69) is 17.6 Å². The van der Waals surface area contributed by atoms with Crippen molar-refractivity contribution in [2.24, 2.45) is 0 Å². The van der Waals surface area contributed by atoms with Crippen LogP contribution in [-0.2, 0) is 9.53 Å². The fourth-order valence-electron chi connectivity index (χ4n) is 2.95. The molecule has 0 unspecified atom stereocenters. The molecule has 0 aliphatic rings. The number of anilines is 2. The molecule has 1 amide bonds. The first-order valence-corrected chi connectivity index (χ1v) is 11.2. The zero-order valence-corrected chi connectivity index (χ0v) is 18.6. The van der Waals surface area contributed by atoms with E-state index < -0.39 is 0 Å². The molecule has 2 aromatic carbocycles. The van der Waals surface area contributed by atoms with Crippen LogP contribution in [0.3, 0.4) is 0 Å². The largest absolute Gasteiger partial charge is 0.494 e. The van der Waals surface area contributed by atoms with Gasteiger partial charge in [0.15, 0.2) is 0 Å². The molecule has 0 atom stereocenters. The lowest BCUT2D eigenvalue weighted by Gasteiger charge is -2.10. The summed E-state index contributed by atoms with van der Waals surface area (Å²) < 4.78 is 10.9. The smallest absolute Gasteiger partial charge is 0.338 e. The molecular formula is C25H34N2O4. The summed E-state index contributed by atoms with van der Waals surface area (Å²) in [5, 5.41) is 5.92. The van der Waals surface area contributed by atoms with Gasteiger partial charge in [-0.15, -0.1) is 0 Å². The molecule has 6 heteroatoms. The van der Waals surface area contributed by atoms with Gasteiger partial charge in [0, 0.05) is 17.4 Å². The molecule has 0 aromatic heterocycles. The minimum Gasteiger partial charge on any atom is -0.494 e. The maximum Gasteiger partial charge on any atom is 0.338 e. The standard InChI is InChI=1S/C25H34N2O4/c1-3-5-6-7-8-17-30-23-11-9-10-22(18-23)27-24(28)19-26-21-14-12-20(13-15-21)25(29)31-16-4-2/h9-15,18,26H,3-8,16-17,19H2,1-2H3,(H,27,28). The topological polar surface area (TPSA) is 76.7 Å². The van der Waals surface area contributed by atoms with Crippen molar-refractivity contribution in [3.63, 3.8) is 0 Å². The Morgan fingerprint density at radius 2 is 1.61 bits per heavy atom. The molecule has 0 saturated heterocycles. The van der Waals surface area contributed by atoms with Gasteiger partial charge < -0.3 is 20.1 Å². The van der Waals surface area contributed by atoms with Crippen molar-refractivity contribution in [2.75, 3.05) is 30.4 Å². The van der Waals surface area contributed by atoms with E-state index in [1.54, 1.807) is 24.3 Å². The number of nitrogens with one attached hydrogen (secondary N) is 2. The summed E-state index contributed by atoms with van der Waals surface area (Å²) in [6, 6.07) is 14.3. The quantitative estimate of drug-likeness (QED) is 0.301. The SMILES string of the molecule is CCCCCCCOc1cccc(NC(=O)CNc2ccc(C(=O)OCCC)cc2)c1. The van der Waals surface area contributed by atoms with E-state index in [0.717, 1.165) is 24.3 Å². The molecule has 6 nitrogen and oxygen atoms in total. The van der Waals surface area contributed by atoms with Crippen molar-refractivity contribution < 1.29 is 19.1 Å². The predicted octanol–water partition coefficient (Wildman–Crippen LogP) is 5.65. The summed E-state index contributed by atoms with van der Waals surface area (Å²) in [4.78, 5) is 24.1. The van der Waals surface area contributed by atoms with Crippen LogP contribution in [0.5, 0.6) is 5.75 Å². The van der Waals surface area contributed by atoms with Gasteiger partial charge in [-0.05, 0) is 49.2 Å². The molecule has 2 rings (SSSR count). The molecule has 2 N–H and O–H groups in total. The lowest BCUT2D eigenvalue weighted by atomic mass is 10.2. The van der Waals surface area contributed by atoms with Crippen LogP contribution < -0.4 is 15.4 Å². The summed E-state index contributed by atoms with van der Waals surface area (Å²) in [6.45, 7) is 5.36. The van der Waals surface area contributed by atoms with E-state index >= 15 is 0 Å². The Balaban J connectivity index is 1.74.